The number of nitrogens with one attached hydrogen (secondary N) is 1. The van der Waals surface area contributed by atoms with Gasteiger partial charge in [-0.2, -0.15) is 13.2 Å². The van der Waals surface area contributed by atoms with Crippen molar-refractivity contribution in [3.05, 3.63) is 28.2 Å². The van der Waals surface area contributed by atoms with Crippen LogP contribution in [0.3, 0.4) is 0 Å². The van der Waals surface area contributed by atoms with Crippen molar-refractivity contribution in [2.24, 2.45) is 5.92 Å². The van der Waals surface area contributed by atoms with Gasteiger partial charge in [-0.1, -0.05) is 22.9 Å². The number of hydrogen-bond donors (Lipinski definition) is 2. The Balaban J connectivity index is 2.31. The molecule has 2 nitrogen and oxygen atoms in total. The van der Waals surface area contributed by atoms with Gasteiger partial charge >= 0.3 is 6.18 Å². The molecule has 0 heterocycles. The zero-order valence-electron chi connectivity index (χ0n) is 11.8. The second-order valence-corrected chi connectivity index (χ2v) is 6.85. The summed E-state index contributed by atoms with van der Waals surface area (Å²) in [6, 6.07) is 3.86. The Hall–Kier alpha value is -0.750. The van der Waals surface area contributed by atoms with E-state index in [2.05, 4.69) is 28.2 Å². The van der Waals surface area contributed by atoms with E-state index in [1.807, 2.05) is 0 Å². The Labute approximate surface area is 130 Å². The van der Waals surface area contributed by atoms with Crippen molar-refractivity contribution in [3.63, 3.8) is 0 Å². The molecule has 0 bridgehead atoms. The summed E-state index contributed by atoms with van der Waals surface area (Å²) < 4.78 is 39.9. The van der Waals surface area contributed by atoms with Crippen molar-refractivity contribution in [2.75, 3.05) is 11.9 Å². The highest BCUT2D eigenvalue weighted by Gasteiger charge is 2.38. The zero-order chi connectivity index (χ0) is 15.7. The van der Waals surface area contributed by atoms with Crippen LogP contribution in [-0.2, 0) is 6.18 Å². The Morgan fingerprint density at radius 2 is 1.95 bits per heavy atom. The molecule has 0 spiro atoms. The van der Waals surface area contributed by atoms with Crippen molar-refractivity contribution in [1.82, 2.24) is 0 Å². The molecule has 1 saturated carbocycles. The Kier molecular flexibility index (Phi) is 4.88. The monoisotopic (exact) mass is 365 g/mol. The van der Waals surface area contributed by atoms with Gasteiger partial charge in [0.25, 0.3) is 0 Å². The standard InChI is InChI=1S/C15H19BrF3NO/c1-10-4-6-14(9-21,7-5-10)20-13-8-11(16)2-3-12(13)15(17,18)19/h2-3,8,10,20-21H,4-7,9H2,1H3. The average molecular weight is 366 g/mol. The summed E-state index contributed by atoms with van der Waals surface area (Å²) in [7, 11) is 0. The number of alkyl halides is 3. The fraction of sp³-hybridized carbons (Fsp3) is 0.600. The smallest absolute Gasteiger partial charge is 0.394 e. The normalized spacial score (nSPS) is 26.7. The molecule has 2 rings (SSSR count). The van der Waals surface area contributed by atoms with E-state index < -0.39 is 17.3 Å². The molecule has 6 heteroatoms. The van der Waals surface area contributed by atoms with Gasteiger partial charge in [0.2, 0.25) is 0 Å². The molecule has 0 unspecified atom stereocenters. The summed E-state index contributed by atoms with van der Waals surface area (Å²) in [6.07, 6.45) is -1.25. The van der Waals surface area contributed by atoms with Gasteiger partial charge < -0.3 is 10.4 Å². The first kappa shape index (κ1) is 16.6. The highest BCUT2D eigenvalue weighted by Crippen LogP contribution is 2.40. The van der Waals surface area contributed by atoms with Crippen LogP contribution in [-0.4, -0.2) is 17.3 Å². The third kappa shape index (κ3) is 3.92. The molecule has 0 aromatic heterocycles. The largest absolute Gasteiger partial charge is 0.418 e. The van der Waals surface area contributed by atoms with E-state index in [0.29, 0.717) is 23.2 Å². The van der Waals surface area contributed by atoms with Crippen molar-refractivity contribution in [3.8, 4) is 0 Å². The van der Waals surface area contributed by atoms with E-state index in [1.165, 1.54) is 12.1 Å². The highest BCUT2D eigenvalue weighted by molar-refractivity contribution is 9.10. The van der Waals surface area contributed by atoms with Crippen molar-refractivity contribution in [2.45, 2.75) is 44.3 Å². The molecule has 0 amide bonds. The van der Waals surface area contributed by atoms with Crippen LogP contribution in [0.15, 0.2) is 22.7 Å². The minimum atomic E-state index is -4.42. The van der Waals surface area contributed by atoms with E-state index in [1.54, 1.807) is 0 Å². The molecular weight excluding hydrogens is 347 g/mol. The van der Waals surface area contributed by atoms with Crippen LogP contribution in [0.5, 0.6) is 0 Å². The van der Waals surface area contributed by atoms with Gasteiger partial charge in [-0.25, -0.2) is 0 Å². The molecule has 118 valence electrons. The zero-order valence-corrected chi connectivity index (χ0v) is 13.4. The second kappa shape index (κ2) is 6.16. The summed E-state index contributed by atoms with van der Waals surface area (Å²) in [5.74, 6) is 0.552. The predicted molar refractivity (Wildman–Crippen MR) is 80.2 cm³/mol. The Morgan fingerprint density at radius 1 is 1.33 bits per heavy atom. The van der Waals surface area contributed by atoms with Crippen LogP contribution in [0.25, 0.3) is 0 Å². The first-order chi connectivity index (χ1) is 9.76. The number of benzene rings is 1. The number of anilines is 1. The van der Waals surface area contributed by atoms with Crippen LogP contribution < -0.4 is 5.32 Å². The number of hydrogen-bond acceptors (Lipinski definition) is 2. The molecule has 2 N–H and O–H groups in total. The molecule has 0 atom stereocenters. The minimum Gasteiger partial charge on any atom is -0.394 e. The third-order valence-corrected chi connectivity index (χ3v) is 4.71. The SMILES string of the molecule is CC1CCC(CO)(Nc2cc(Br)ccc2C(F)(F)F)CC1. The number of aliphatic hydroxyl groups excluding tert-OH is 1. The maximum atomic E-state index is 13.1. The van der Waals surface area contributed by atoms with Gasteiger partial charge in [0.15, 0.2) is 0 Å². The highest BCUT2D eigenvalue weighted by atomic mass is 79.9. The summed E-state index contributed by atoms with van der Waals surface area (Å²) in [6.45, 7) is 1.96. The lowest BCUT2D eigenvalue weighted by Crippen LogP contribution is -2.45. The van der Waals surface area contributed by atoms with Crippen molar-refractivity contribution < 1.29 is 18.3 Å². The van der Waals surface area contributed by atoms with E-state index in [9.17, 15) is 18.3 Å². The molecule has 0 saturated heterocycles. The molecule has 1 aromatic rings. The van der Waals surface area contributed by atoms with E-state index in [-0.39, 0.29) is 12.3 Å². The van der Waals surface area contributed by atoms with E-state index >= 15 is 0 Å². The van der Waals surface area contributed by atoms with Crippen molar-refractivity contribution >= 4 is 21.6 Å². The Morgan fingerprint density at radius 3 is 2.48 bits per heavy atom. The second-order valence-electron chi connectivity index (χ2n) is 5.93. The summed E-state index contributed by atoms with van der Waals surface area (Å²) in [4.78, 5) is 0. The summed E-state index contributed by atoms with van der Waals surface area (Å²) in [5.41, 5.74) is -1.33. The molecular formula is C15H19BrF3NO. The minimum absolute atomic E-state index is 0.0282. The number of aliphatic hydroxyl groups is 1. The molecule has 1 fully saturated rings. The van der Waals surface area contributed by atoms with Crippen molar-refractivity contribution in [1.29, 1.82) is 0 Å². The first-order valence-electron chi connectivity index (χ1n) is 7.01. The van der Waals surface area contributed by atoms with E-state index in [0.717, 1.165) is 18.9 Å². The molecule has 0 radical (unpaired) electrons. The lowest BCUT2D eigenvalue weighted by atomic mass is 9.77. The van der Waals surface area contributed by atoms with Crippen LogP contribution in [0.2, 0.25) is 0 Å². The van der Waals surface area contributed by atoms with Gasteiger partial charge in [-0.15, -0.1) is 0 Å². The number of halogens is 4. The lowest BCUT2D eigenvalue weighted by Gasteiger charge is -2.40. The maximum absolute atomic E-state index is 13.1. The molecule has 0 aliphatic heterocycles. The average Bonchev–Trinajstić information content (AvgIpc) is 2.40. The molecule has 1 aliphatic carbocycles. The fourth-order valence-electron chi connectivity index (χ4n) is 2.79. The topological polar surface area (TPSA) is 32.3 Å². The van der Waals surface area contributed by atoms with Crippen LogP contribution >= 0.6 is 15.9 Å². The third-order valence-electron chi connectivity index (χ3n) is 4.22. The Bertz CT molecular complexity index is 496. The van der Waals surface area contributed by atoms with Gasteiger partial charge in [0, 0.05) is 10.2 Å². The molecule has 1 aromatic carbocycles. The summed E-state index contributed by atoms with van der Waals surface area (Å²) >= 11 is 3.21. The fourth-order valence-corrected chi connectivity index (χ4v) is 3.15. The lowest BCUT2D eigenvalue weighted by molar-refractivity contribution is -0.137. The van der Waals surface area contributed by atoms with Crippen LogP contribution in [0.1, 0.15) is 38.2 Å². The van der Waals surface area contributed by atoms with Crippen LogP contribution in [0.4, 0.5) is 18.9 Å². The molecule has 1 aliphatic rings. The quantitative estimate of drug-likeness (QED) is 0.804. The van der Waals surface area contributed by atoms with Gasteiger partial charge in [0.1, 0.15) is 0 Å². The van der Waals surface area contributed by atoms with E-state index in [4.69, 9.17) is 0 Å². The van der Waals surface area contributed by atoms with Gasteiger partial charge in [-0.3, -0.25) is 0 Å². The maximum Gasteiger partial charge on any atom is 0.418 e. The first-order valence-corrected chi connectivity index (χ1v) is 7.81. The van der Waals surface area contributed by atoms with Crippen LogP contribution in [0, 0.1) is 5.92 Å². The number of rotatable bonds is 3. The predicted octanol–water partition coefficient (Wildman–Crippen LogP) is 4.82. The summed E-state index contributed by atoms with van der Waals surface area (Å²) in [5, 5.41) is 12.7. The molecule has 21 heavy (non-hydrogen) atoms. The van der Waals surface area contributed by atoms with Gasteiger partial charge in [0.05, 0.1) is 17.7 Å². The van der Waals surface area contributed by atoms with Gasteiger partial charge in [-0.05, 0) is 49.8 Å².